The zero-order valence-corrected chi connectivity index (χ0v) is 21.7. The highest BCUT2D eigenvalue weighted by atomic mass is 16.6. The van der Waals surface area contributed by atoms with Crippen molar-refractivity contribution in [2.45, 2.75) is 33.2 Å². The van der Waals surface area contributed by atoms with Gasteiger partial charge in [-0.1, -0.05) is 48.5 Å². The molecule has 0 bridgehead atoms. The number of benzene rings is 3. The number of nitrogens with two attached hydrogens (primary N) is 1. The number of hydrogen-bond donors (Lipinski definition) is 3. The lowest BCUT2D eigenvalue weighted by atomic mass is 9.71. The Morgan fingerprint density at radius 2 is 1.49 bits per heavy atom. The third kappa shape index (κ3) is 4.61. The third-order valence-corrected chi connectivity index (χ3v) is 8.13. The SMILES string of the molecule is Cc1c(N)c(C)c(B(O)O)c(C)c1CN1CCN(C(=O)OCC2c3ccccc3-c3ccccc32)CC1. The number of hydrogen-bond acceptors (Lipinski definition) is 6. The molecular weight excluding hydrogens is 465 g/mol. The second-order valence-corrected chi connectivity index (χ2v) is 10.1. The van der Waals surface area contributed by atoms with Crippen LogP contribution in [0.1, 0.15) is 39.3 Å². The van der Waals surface area contributed by atoms with Crippen LogP contribution < -0.4 is 11.2 Å². The summed E-state index contributed by atoms with van der Waals surface area (Å²) in [5, 5.41) is 19.8. The molecule has 7 nitrogen and oxygen atoms in total. The van der Waals surface area contributed by atoms with Crippen LogP contribution in [0.25, 0.3) is 11.1 Å². The van der Waals surface area contributed by atoms with E-state index in [1.807, 2.05) is 45.0 Å². The Bertz CT molecular complexity index is 1290. The molecule has 0 atom stereocenters. The van der Waals surface area contributed by atoms with Gasteiger partial charge >= 0.3 is 13.2 Å². The number of nitrogens with zero attached hydrogens (tertiary/aromatic N) is 2. The lowest BCUT2D eigenvalue weighted by molar-refractivity contribution is 0.0727. The van der Waals surface area contributed by atoms with Gasteiger partial charge in [0.25, 0.3) is 0 Å². The van der Waals surface area contributed by atoms with Crippen LogP contribution in [0.2, 0.25) is 0 Å². The van der Waals surface area contributed by atoms with Crippen molar-refractivity contribution < 1.29 is 19.6 Å². The van der Waals surface area contributed by atoms with E-state index < -0.39 is 7.12 Å². The van der Waals surface area contributed by atoms with Crippen LogP contribution in [0.4, 0.5) is 10.5 Å². The van der Waals surface area contributed by atoms with Crippen LogP contribution in [-0.4, -0.2) is 65.8 Å². The van der Waals surface area contributed by atoms with Crippen LogP contribution in [0.3, 0.4) is 0 Å². The molecule has 192 valence electrons. The zero-order valence-electron chi connectivity index (χ0n) is 21.7. The maximum Gasteiger partial charge on any atom is 0.489 e. The van der Waals surface area contributed by atoms with E-state index in [9.17, 15) is 14.8 Å². The van der Waals surface area contributed by atoms with Gasteiger partial charge in [0, 0.05) is 44.3 Å². The molecule has 1 fully saturated rings. The number of carbonyl (C=O) groups is 1. The summed E-state index contributed by atoms with van der Waals surface area (Å²) in [4.78, 5) is 17.0. The van der Waals surface area contributed by atoms with Gasteiger partial charge < -0.3 is 25.4 Å². The minimum Gasteiger partial charge on any atom is -0.448 e. The normalized spacial score (nSPS) is 15.4. The van der Waals surface area contributed by atoms with E-state index in [2.05, 4.69) is 29.2 Å². The molecule has 2 aliphatic rings. The fourth-order valence-corrected chi connectivity index (χ4v) is 5.94. The molecule has 1 aliphatic heterocycles. The van der Waals surface area contributed by atoms with Crippen molar-refractivity contribution in [3.05, 3.63) is 81.9 Å². The van der Waals surface area contributed by atoms with Gasteiger partial charge in [-0.05, 0) is 70.7 Å². The molecule has 1 heterocycles. The Balaban J connectivity index is 1.21. The third-order valence-electron chi connectivity index (χ3n) is 8.13. The first-order chi connectivity index (χ1) is 17.8. The van der Waals surface area contributed by atoms with Gasteiger partial charge in [0.15, 0.2) is 0 Å². The summed E-state index contributed by atoms with van der Waals surface area (Å²) in [6, 6.07) is 16.7. The summed E-state index contributed by atoms with van der Waals surface area (Å²) >= 11 is 0. The molecule has 3 aromatic rings. The summed E-state index contributed by atoms with van der Waals surface area (Å²) in [7, 11) is -1.56. The number of ether oxygens (including phenoxy) is 1. The largest absolute Gasteiger partial charge is 0.489 e. The quantitative estimate of drug-likeness (QED) is 0.369. The van der Waals surface area contributed by atoms with Crippen molar-refractivity contribution in [1.29, 1.82) is 0 Å². The molecule has 1 aliphatic carbocycles. The molecule has 3 aromatic carbocycles. The van der Waals surface area contributed by atoms with Gasteiger partial charge in [-0.2, -0.15) is 0 Å². The van der Waals surface area contributed by atoms with Crippen molar-refractivity contribution in [2.24, 2.45) is 0 Å². The fraction of sp³-hybridized carbons (Fsp3) is 0.345. The number of fused-ring (bicyclic) bond motifs is 3. The average Bonchev–Trinajstić information content (AvgIpc) is 3.22. The first-order valence-corrected chi connectivity index (χ1v) is 12.8. The number of amides is 1. The number of nitrogen functional groups attached to an aromatic ring is 1. The molecule has 37 heavy (non-hydrogen) atoms. The van der Waals surface area contributed by atoms with Crippen molar-refractivity contribution >= 4 is 24.4 Å². The highest BCUT2D eigenvalue weighted by Crippen LogP contribution is 2.44. The molecule has 4 N–H and O–H groups in total. The van der Waals surface area contributed by atoms with E-state index >= 15 is 0 Å². The van der Waals surface area contributed by atoms with Crippen molar-refractivity contribution in [3.8, 4) is 11.1 Å². The summed E-state index contributed by atoms with van der Waals surface area (Å²) in [6.45, 7) is 9.22. The smallest absolute Gasteiger partial charge is 0.448 e. The van der Waals surface area contributed by atoms with Gasteiger partial charge in [0.05, 0.1) is 0 Å². The summed E-state index contributed by atoms with van der Waals surface area (Å²) in [5.74, 6) is 0.0478. The fourth-order valence-electron chi connectivity index (χ4n) is 5.94. The van der Waals surface area contributed by atoms with Gasteiger partial charge in [-0.25, -0.2) is 4.79 Å². The second kappa shape index (κ2) is 10.2. The first-order valence-electron chi connectivity index (χ1n) is 12.8. The molecular formula is C29H34BN3O4. The standard InChI is InChI=1S/C29H34BN3O4/c1-18-25(19(2)28(31)20(3)27(18)30(35)36)16-32-12-14-33(15-13-32)29(34)37-17-26-23-10-6-4-8-21(23)22-9-5-7-11-24(22)26/h4-11,26,35-36H,12-17,31H2,1-3H3. The molecule has 0 saturated carbocycles. The van der Waals surface area contributed by atoms with Crippen molar-refractivity contribution in [3.63, 3.8) is 0 Å². The second-order valence-electron chi connectivity index (χ2n) is 10.1. The van der Waals surface area contributed by atoms with Crippen LogP contribution in [-0.2, 0) is 11.3 Å². The van der Waals surface area contributed by atoms with E-state index in [-0.39, 0.29) is 12.0 Å². The lowest BCUT2D eigenvalue weighted by Crippen LogP contribution is -2.49. The molecule has 0 radical (unpaired) electrons. The summed E-state index contributed by atoms with van der Waals surface area (Å²) < 4.78 is 5.84. The van der Waals surface area contributed by atoms with Crippen LogP contribution in [0.15, 0.2) is 48.5 Å². The Labute approximate surface area is 218 Å². The van der Waals surface area contributed by atoms with Crippen molar-refractivity contribution in [1.82, 2.24) is 9.80 Å². The topological polar surface area (TPSA) is 99.3 Å². The summed E-state index contributed by atoms with van der Waals surface area (Å²) in [5.41, 5.74) is 15.8. The highest BCUT2D eigenvalue weighted by Gasteiger charge is 2.31. The number of piperazine rings is 1. The number of anilines is 1. The Hall–Kier alpha value is -3.33. The van der Waals surface area contributed by atoms with Gasteiger partial charge in [-0.3, -0.25) is 4.90 Å². The van der Waals surface area contributed by atoms with Crippen LogP contribution >= 0.6 is 0 Å². The van der Waals surface area contributed by atoms with Crippen LogP contribution in [0, 0.1) is 20.8 Å². The maximum absolute atomic E-state index is 13.0. The van der Waals surface area contributed by atoms with Gasteiger partial charge in [0.2, 0.25) is 0 Å². The lowest BCUT2D eigenvalue weighted by Gasteiger charge is -2.35. The predicted octanol–water partition coefficient (Wildman–Crippen LogP) is 2.94. The highest BCUT2D eigenvalue weighted by molar-refractivity contribution is 6.60. The van der Waals surface area contributed by atoms with Gasteiger partial charge in [-0.15, -0.1) is 0 Å². The Kier molecular flexibility index (Phi) is 6.99. The van der Waals surface area contributed by atoms with Crippen molar-refractivity contribution in [2.75, 3.05) is 38.5 Å². The number of rotatable bonds is 5. The predicted molar refractivity (Wildman–Crippen MR) is 147 cm³/mol. The maximum atomic E-state index is 13.0. The minimum atomic E-state index is -1.56. The van der Waals surface area contributed by atoms with Gasteiger partial charge in [0.1, 0.15) is 6.61 Å². The minimum absolute atomic E-state index is 0.0478. The van der Waals surface area contributed by atoms with E-state index in [0.717, 1.165) is 16.7 Å². The van der Waals surface area contributed by atoms with E-state index in [1.165, 1.54) is 22.3 Å². The molecule has 5 rings (SSSR count). The van der Waals surface area contributed by atoms with E-state index in [0.29, 0.717) is 56.0 Å². The number of carbonyl (C=O) groups excluding carboxylic acids is 1. The van der Waals surface area contributed by atoms with Crippen LogP contribution in [0.5, 0.6) is 0 Å². The van der Waals surface area contributed by atoms with E-state index in [4.69, 9.17) is 10.5 Å². The van der Waals surface area contributed by atoms with E-state index in [1.54, 1.807) is 4.90 Å². The first kappa shape index (κ1) is 25.3. The molecule has 1 saturated heterocycles. The molecule has 0 unspecified atom stereocenters. The molecule has 0 aromatic heterocycles. The summed E-state index contributed by atoms with van der Waals surface area (Å²) in [6.07, 6.45) is -0.279. The molecule has 0 spiro atoms. The Morgan fingerprint density at radius 1 is 0.919 bits per heavy atom. The molecule has 1 amide bonds. The Morgan fingerprint density at radius 3 is 2.05 bits per heavy atom. The average molecular weight is 499 g/mol. The zero-order chi connectivity index (χ0) is 26.3. The molecule has 8 heteroatoms. The monoisotopic (exact) mass is 499 g/mol.